The molecule has 0 fully saturated rings. The molecule has 0 radical (unpaired) electrons. The van der Waals surface area contributed by atoms with E-state index < -0.39 is 15.8 Å². The number of para-hydroxylation sites is 2. The van der Waals surface area contributed by atoms with Gasteiger partial charge in [-0.1, -0.05) is 18.2 Å². The Morgan fingerprint density at radius 3 is 2.55 bits per heavy atom. The Morgan fingerprint density at radius 2 is 1.83 bits per heavy atom. The first kappa shape index (κ1) is 19.5. The molecule has 11 nitrogen and oxygen atoms in total. The van der Waals surface area contributed by atoms with E-state index in [0.29, 0.717) is 5.56 Å². The number of benzene rings is 2. The number of aryl methyl sites for hydroxylation is 1. The van der Waals surface area contributed by atoms with E-state index in [-0.39, 0.29) is 35.2 Å². The van der Waals surface area contributed by atoms with E-state index in [1.54, 1.807) is 19.1 Å². The van der Waals surface area contributed by atoms with Crippen LogP contribution in [-0.4, -0.2) is 25.5 Å². The summed E-state index contributed by atoms with van der Waals surface area (Å²) in [5.41, 5.74) is 0.329. The van der Waals surface area contributed by atoms with Crippen LogP contribution in [0.15, 0.2) is 54.7 Å². The minimum atomic E-state index is -0.638. The zero-order valence-electron chi connectivity index (χ0n) is 15.1. The number of carbonyl (C=O) groups excluding carboxylic acids is 1. The van der Waals surface area contributed by atoms with Crippen molar-refractivity contribution in [2.45, 2.75) is 13.7 Å². The third-order valence-electron chi connectivity index (χ3n) is 3.89. The van der Waals surface area contributed by atoms with Crippen molar-refractivity contribution in [1.82, 2.24) is 9.78 Å². The minimum Gasteiger partial charge on any atom is -0.464 e. The fourth-order valence-electron chi connectivity index (χ4n) is 2.51. The van der Waals surface area contributed by atoms with Gasteiger partial charge in [-0.2, -0.15) is 5.10 Å². The zero-order chi connectivity index (χ0) is 21.0. The average molecular weight is 397 g/mol. The van der Waals surface area contributed by atoms with Gasteiger partial charge in [0.25, 0.3) is 11.6 Å². The second-order valence-corrected chi connectivity index (χ2v) is 5.97. The lowest BCUT2D eigenvalue weighted by Gasteiger charge is -2.07. The third kappa shape index (κ3) is 4.53. The number of nitro benzene ring substituents is 2. The van der Waals surface area contributed by atoms with Gasteiger partial charge in [-0.3, -0.25) is 25.0 Å². The summed E-state index contributed by atoms with van der Waals surface area (Å²) in [4.78, 5) is 33.4. The first-order valence-corrected chi connectivity index (χ1v) is 8.31. The minimum absolute atomic E-state index is 0.00559. The van der Waals surface area contributed by atoms with Crippen molar-refractivity contribution in [2.75, 3.05) is 5.32 Å². The summed E-state index contributed by atoms with van der Waals surface area (Å²) in [7, 11) is 0. The molecule has 1 heterocycles. The van der Waals surface area contributed by atoms with Gasteiger partial charge < -0.3 is 10.1 Å². The second-order valence-electron chi connectivity index (χ2n) is 5.97. The maximum Gasteiger partial charge on any atom is 0.311 e. The predicted octanol–water partition coefficient (Wildman–Crippen LogP) is 3.30. The Bertz CT molecular complexity index is 1090. The summed E-state index contributed by atoms with van der Waals surface area (Å²) < 4.78 is 6.67. The van der Waals surface area contributed by atoms with Crippen molar-refractivity contribution < 1.29 is 19.4 Å². The number of carbonyl (C=O) groups is 1. The monoisotopic (exact) mass is 397 g/mol. The molecular weight excluding hydrogens is 382 g/mol. The topological polar surface area (TPSA) is 142 Å². The van der Waals surface area contributed by atoms with E-state index in [2.05, 4.69) is 10.4 Å². The summed E-state index contributed by atoms with van der Waals surface area (Å²) in [6, 6.07) is 11.7. The van der Waals surface area contributed by atoms with Crippen LogP contribution in [0.1, 0.15) is 16.1 Å². The maximum absolute atomic E-state index is 12.4. The lowest BCUT2D eigenvalue weighted by atomic mass is 10.2. The summed E-state index contributed by atoms with van der Waals surface area (Å²) in [5.74, 6) is -0.573. The summed E-state index contributed by atoms with van der Waals surface area (Å²) in [5, 5.41) is 28.6. The van der Waals surface area contributed by atoms with Crippen LogP contribution in [0.2, 0.25) is 0 Å². The number of hydrogen-bond donors (Lipinski definition) is 1. The Kier molecular flexibility index (Phi) is 5.49. The van der Waals surface area contributed by atoms with Crippen molar-refractivity contribution in [3.8, 4) is 5.75 Å². The fraction of sp³-hybridized carbons (Fsp3) is 0.111. The number of aromatic nitrogens is 2. The number of rotatable bonds is 7. The van der Waals surface area contributed by atoms with Crippen LogP contribution in [0.3, 0.4) is 0 Å². The Balaban J connectivity index is 1.70. The fourth-order valence-corrected chi connectivity index (χ4v) is 2.51. The van der Waals surface area contributed by atoms with E-state index in [0.717, 1.165) is 0 Å². The van der Waals surface area contributed by atoms with Crippen molar-refractivity contribution >= 4 is 23.0 Å². The molecule has 1 N–H and O–H groups in total. The number of anilines is 1. The zero-order valence-corrected chi connectivity index (χ0v) is 15.1. The van der Waals surface area contributed by atoms with Crippen LogP contribution >= 0.6 is 0 Å². The van der Waals surface area contributed by atoms with Crippen LogP contribution in [-0.2, 0) is 6.73 Å². The molecule has 0 spiro atoms. The van der Waals surface area contributed by atoms with Gasteiger partial charge in [0.2, 0.25) is 0 Å². The molecule has 0 bridgehead atoms. The molecular formula is C18H15N5O6. The quantitative estimate of drug-likeness (QED) is 0.476. The Morgan fingerprint density at radius 1 is 1.10 bits per heavy atom. The molecule has 0 aliphatic rings. The molecule has 148 valence electrons. The van der Waals surface area contributed by atoms with E-state index >= 15 is 0 Å². The molecule has 1 aromatic heterocycles. The van der Waals surface area contributed by atoms with Crippen LogP contribution in [0.25, 0.3) is 0 Å². The Hall–Kier alpha value is -4.28. The highest BCUT2D eigenvalue weighted by Crippen LogP contribution is 2.27. The first-order valence-electron chi connectivity index (χ1n) is 8.31. The molecule has 1 amide bonds. The van der Waals surface area contributed by atoms with Crippen molar-refractivity contribution in [3.05, 3.63) is 86.2 Å². The van der Waals surface area contributed by atoms with Gasteiger partial charge in [-0.25, -0.2) is 4.68 Å². The molecule has 3 aromatic rings. The van der Waals surface area contributed by atoms with Crippen LogP contribution in [0.4, 0.5) is 17.1 Å². The molecule has 3 rings (SSSR count). The highest BCUT2D eigenvalue weighted by Gasteiger charge is 2.19. The lowest BCUT2D eigenvalue weighted by molar-refractivity contribution is -0.386. The highest BCUT2D eigenvalue weighted by atomic mass is 16.6. The van der Waals surface area contributed by atoms with Gasteiger partial charge in [0, 0.05) is 18.3 Å². The standard InChI is InChI=1S/C18H15N5O6/c1-12-6-7-13(16(10-12)23(27)28)19-18(24)14-8-9-21(20-14)11-29-17-5-3-2-4-15(17)22(25)26/h2-10H,11H2,1H3,(H,19,24). The van der Waals surface area contributed by atoms with Crippen LogP contribution in [0, 0.1) is 27.2 Å². The van der Waals surface area contributed by atoms with Crippen LogP contribution < -0.4 is 10.1 Å². The van der Waals surface area contributed by atoms with Gasteiger partial charge in [-0.15, -0.1) is 0 Å². The van der Waals surface area contributed by atoms with Crippen molar-refractivity contribution in [2.24, 2.45) is 0 Å². The van der Waals surface area contributed by atoms with Gasteiger partial charge in [0.1, 0.15) is 5.69 Å². The van der Waals surface area contributed by atoms with Gasteiger partial charge >= 0.3 is 5.69 Å². The number of amides is 1. The van der Waals surface area contributed by atoms with Crippen molar-refractivity contribution in [1.29, 1.82) is 0 Å². The molecule has 29 heavy (non-hydrogen) atoms. The molecule has 2 aromatic carbocycles. The van der Waals surface area contributed by atoms with E-state index in [9.17, 15) is 25.0 Å². The number of nitrogens with zero attached hydrogens (tertiary/aromatic N) is 4. The normalized spacial score (nSPS) is 10.4. The van der Waals surface area contributed by atoms with E-state index in [1.807, 2.05) is 0 Å². The molecule has 0 saturated carbocycles. The predicted molar refractivity (Wildman–Crippen MR) is 102 cm³/mol. The second kappa shape index (κ2) is 8.17. The smallest absolute Gasteiger partial charge is 0.311 e. The van der Waals surface area contributed by atoms with E-state index in [4.69, 9.17) is 4.74 Å². The largest absolute Gasteiger partial charge is 0.464 e. The molecule has 11 heteroatoms. The molecule has 0 atom stereocenters. The van der Waals surface area contributed by atoms with E-state index in [1.165, 1.54) is 47.3 Å². The average Bonchev–Trinajstić information content (AvgIpc) is 3.17. The number of ether oxygens (including phenoxy) is 1. The summed E-state index contributed by atoms with van der Waals surface area (Å²) in [6.07, 6.45) is 1.45. The molecule has 0 unspecified atom stereocenters. The summed E-state index contributed by atoms with van der Waals surface area (Å²) >= 11 is 0. The number of nitrogens with one attached hydrogen (secondary N) is 1. The van der Waals surface area contributed by atoms with Gasteiger partial charge in [-0.05, 0) is 30.7 Å². The summed E-state index contributed by atoms with van der Waals surface area (Å²) in [6.45, 7) is 1.54. The molecule has 0 aliphatic heterocycles. The Labute approximate surface area is 163 Å². The SMILES string of the molecule is Cc1ccc(NC(=O)c2ccn(COc3ccccc3[N+](=O)[O-])n2)c([N+](=O)[O-])c1. The molecule has 0 aliphatic carbocycles. The third-order valence-corrected chi connectivity index (χ3v) is 3.89. The lowest BCUT2D eigenvalue weighted by Crippen LogP contribution is -2.15. The molecule has 0 saturated heterocycles. The van der Waals surface area contributed by atoms with Crippen LogP contribution in [0.5, 0.6) is 5.75 Å². The highest BCUT2D eigenvalue weighted by molar-refractivity contribution is 6.04. The first-order chi connectivity index (χ1) is 13.8. The van der Waals surface area contributed by atoms with Crippen molar-refractivity contribution in [3.63, 3.8) is 0 Å². The maximum atomic E-state index is 12.4. The number of nitro groups is 2. The van der Waals surface area contributed by atoms with Gasteiger partial charge in [0.05, 0.1) is 9.85 Å². The number of hydrogen-bond acceptors (Lipinski definition) is 7. The van der Waals surface area contributed by atoms with Gasteiger partial charge in [0.15, 0.2) is 18.2 Å².